The number of aromatic nitrogens is 1. The van der Waals surface area contributed by atoms with Crippen LogP contribution in [0.1, 0.15) is 39.7 Å². The van der Waals surface area contributed by atoms with Gasteiger partial charge >= 0.3 is 0 Å². The van der Waals surface area contributed by atoms with Crippen molar-refractivity contribution in [3.63, 3.8) is 0 Å². The van der Waals surface area contributed by atoms with Crippen LogP contribution in [-0.4, -0.2) is 20.7 Å². The molecule has 146 valence electrons. The number of rotatable bonds is 3. The number of hydrogen-bond acceptors (Lipinski definition) is 3. The molecule has 29 heavy (non-hydrogen) atoms. The number of amides is 1. The Labute approximate surface area is 164 Å². The van der Waals surface area contributed by atoms with E-state index in [1.54, 1.807) is 12.1 Å². The van der Waals surface area contributed by atoms with Gasteiger partial charge < -0.3 is 15.5 Å². The van der Waals surface area contributed by atoms with Gasteiger partial charge in [-0.15, -0.1) is 0 Å². The third kappa shape index (κ3) is 2.61. The molecule has 1 amide bonds. The number of nitrogens with one attached hydrogen (secondary N) is 1. The molecule has 0 spiro atoms. The lowest BCUT2D eigenvalue weighted by Gasteiger charge is -2.11. The SMILES string of the molecule is O=C(Nc1ccc(F)c(F)c1)c1ccc(-n2c(O)c3c(c2O)[C@H]2C=C[C@@H]3C2)cc1. The van der Waals surface area contributed by atoms with Crippen LogP contribution in [0.15, 0.2) is 54.6 Å². The first-order chi connectivity index (χ1) is 13.9. The van der Waals surface area contributed by atoms with Crippen molar-refractivity contribution < 1.29 is 23.8 Å². The van der Waals surface area contributed by atoms with E-state index in [0.717, 1.165) is 29.7 Å². The van der Waals surface area contributed by atoms with Crippen molar-refractivity contribution in [2.45, 2.75) is 18.3 Å². The quantitative estimate of drug-likeness (QED) is 0.570. The van der Waals surface area contributed by atoms with Crippen molar-refractivity contribution in [1.82, 2.24) is 4.57 Å². The summed E-state index contributed by atoms with van der Waals surface area (Å²) in [5.41, 5.74) is 2.46. The summed E-state index contributed by atoms with van der Waals surface area (Å²) in [6.45, 7) is 0. The van der Waals surface area contributed by atoms with Gasteiger partial charge in [0.1, 0.15) is 0 Å². The number of anilines is 1. The van der Waals surface area contributed by atoms with Crippen molar-refractivity contribution in [2.24, 2.45) is 0 Å². The Bertz CT molecular complexity index is 1150. The first-order valence-electron chi connectivity index (χ1n) is 9.15. The number of carbonyl (C=O) groups excluding carboxylic acids is 1. The third-order valence-electron chi connectivity index (χ3n) is 5.59. The summed E-state index contributed by atoms with van der Waals surface area (Å²) < 4.78 is 27.7. The Kier molecular flexibility index (Phi) is 3.74. The number of aromatic hydroxyl groups is 2. The van der Waals surface area contributed by atoms with Crippen molar-refractivity contribution in [3.8, 4) is 17.4 Å². The molecule has 0 fully saturated rings. The number of halogens is 2. The van der Waals surface area contributed by atoms with Crippen LogP contribution in [0.5, 0.6) is 11.8 Å². The largest absolute Gasteiger partial charge is 0.494 e. The summed E-state index contributed by atoms with van der Waals surface area (Å²) >= 11 is 0. The van der Waals surface area contributed by atoms with E-state index in [0.29, 0.717) is 11.3 Å². The average molecular weight is 394 g/mol. The van der Waals surface area contributed by atoms with Crippen LogP contribution in [0.2, 0.25) is 0 Å². The average Bonchev–Trinajstić information content (AvgIpc) is 3.39. The van der Waals surface area contributed by atoms with Crippen LogP contribution in [0, 0.1) is 11.6 Å². The van der Waals surface area contributed by atoms with Gasteiger partial charge in [0.05, 0.1) is 5.69 Å². The molecule has 3 aromatic rings. The second-order valence-electron chi connectivity index (χ2n) is 7.27. The molecule has 2 aromatic carbocycles. The fourth-order valence-corrected chi connectivity index (χ4v) is 4.22. The van der Waals surface area contributed by atoms with Crippen LogP contribution >= 0.6 is 0 Å². The summed E-state index contributed by atoms with van der Waals surface area (Å²) in [6.07, 6.45) is 4.96. The second-order valence-corrected chi connectivity index (χ2v) is 7.27. The van der Waals surface area contributed by atoms with E-state index in [9.17, 15) is 23.8 Å². The highest BCUT2D eigenvalue weighted by Crippen LogP contribution is 2.57. The van der Waals surface area contributed by atoms with Crippen LogP contribution in [0.25, 0.3) is 5.69 Å². The van der Waals surface area contributed by atoms with Crippen LogP contribution < -0.4 is 5.32 Å². The molecule has 2 bridgehead atoms. The predicted molar refractivity (Wildman–Crippen MR) is 103 cm³/mol. The standard InChI is InChI=1S/C22H16F2N2O3/c23-16-8-5-14(10-17(16)24)25-20(27)11-3-6-15(7-4-11)26-21(28)18-12-1-2-13(9-12)19(18)22(26)29/h1-8,10,12-13,28-29H,9H2,(H,25,27)/t12-,13+. The second kappa shape index (κ2) is 6.20. The summed E-state index contributed by atoms with van der Waals surface area (Å²) in [7, 11) is 0. The Balaban J connectivity index is 1.41. The number of nitrogens with zero attached hydrogens (tertiary/aromatic N) is 1. The first-order valence-corrected chi connectivity index (χ1v) is 9.15. The summed E-state index contributed by atoms with van der Waals surface area (Å²) in [4.78, 5) is 12.4. The molecule has 1 heterocycles. The zero-order chi connectivity index (χ0) is 20.3. The normalized spacial score (nSPS) is 18.8. The number of benzene rings is 2. The highest BCUT2D eigenvalue weighted by Gasteiger charge is 2.41. The van der Waals surface area contributed by atoms with Gasteiger partial charge in [0.15, 0.2) is 11.6 Å². The van der Waals surface area contributed by atoms with E-state index in [-0.39, 0.29) is 29.3 Å². The molecule has 2 atom stereocenters. The van der Waals surface area contributed by atoms with Crippen LogP contribution in [-0.2, 0) is 0 Å². The lowest BCUT2D eigenvalue weighted by Crippen LogP contribution is -2.12. The summed E-state index contributed by atoms with van der Waals surface area (Å²) in [5.74, 6) is -2.29. The highest BCUT2D eigenvalue weighted by molar-refractivity contribution is 6.04. The lowest BCUT2D eigenvalue weighted by atomic mass is 10.0. The minimum Gasteiger partial charge on any atom is -0.494 e. The van der Waals surface area contributed by atoms with Gasteiger partial charge in [0, 0.05) is 40.3 Å². The lowest BCUT2D eigenvalue weighted by molar-refractivity contribution is 0.102. The van der Waals surface area contributed by atoms with Gasteiger partial charge in [-0.25, -0.2) is 8.78 Å². The molecule has 0 aliphatic heterocycles. The van der Waals surface area contributed by atoms with Gasteiger partial charge in [-0.3, -0.25) is 9.36 Å². The smallest absolute Gasteiger partial charge is 0.255 e. The van der Waals surface area contributed by atoms with Crippen molar-refractivity contribution in [2.75, 3.05) is 5.32 Å². The Morgan fingerprint density at radius 2 is 1.55 bits per heavy atom. The van der Waals surface area contributed by atoms with Crippen LogP contribution in [0.3, 0.4) is 0 Å². The fraction of sp³-hybridized carbons (Fsp3) is 0.136. The maximum atomic E-state index is 13.3. The molecular formula is C22H16F2N2O3. The topological polar surface area (TPSA) is 74.5 Å². The van der Waals surface area contributed by atoms with Gasteiger partial charge in [0.2, 0.25) is 11.8 Å². The Hall–Kier alpha value is -3.61. The van der Waals surface area contributed by atoms with E-state index < -0.39 is 17.5 Å². The van der Waals surface area contributed by atoms with Gasteiger partial charge in [-0.05, 0) is 42.8 Å². The number of fused-ring (bicyclic) bond motifs is 5. The van der Waals surface area contributed by atoms with Crippen molar-refractivity contribution in [1.29, 1.82) is 0 Å². The molecule has 2 aliphatic rings. The van der Waals surface area contributed by atoms with E-state index in [4.69, 9.17) is 0 Å². The maximum absolute atomic E-state index is 13.3. The molecule has 1 aromatic heterocycles. The molecule has 0 unspecified atom stereocenters. The van der Waals surface area contributed by atoms with Crippen molar-refractivity contribution >= 4 is 11.6 Å². The molecule has 5 rings (SSSR count). The number of hydrogen-bond donors (Lipinski definition) is 3. The Morgan fingerprint density at radius 1 is 0.931 bits per heavy atom. The van der Waals surface area contributed by atoms with Crippen LogP contribution in [0.4, 0.5) is 14.5 Å². The zero-order valence-corrected chi connectivity index (χ0v) is 15.1. The monoisotopic (exact) mass is 394 g/mol. The van der Waals surface area contributed by atoms with Gasteiger partial charge in [-0.1, -0.05) is 12.2 Å². The van der Waals surface area contributed by atoms with E-state index in [1.165, 1.54) is 22.8 Å². The van der Waals surface area contributed by atoms with Gasteiger partial charge in [-0.2, -0.15) is 0 Å². The molecular weight excluding hydrogens is 378 g/mol. The highest BCUT2D eigenvalue weighted by atomic mass is 19.2. The fourth-order valence-electron chi connectivity index (χ4n) is 4.22. The van der Waals surface area contributed by atoms with E-state index in [2.05, 4.69) is 5.32 Å². The van der Waals surface area contributed by atoms with Crippen molar-refractivity contribution in [3.05, 3.63) is 82.9 Å². The Morgan fingerprint density at radius 3 is 2.14 bits per heavy atom. The summed E-state index contributed by atoms with van der Waals surface area (Å²) in [6, 6.07) is 9.37. The number of allylic oxidation sites excluding steroid dienone is 2. The molecule has 0 saturated carbocycles. The molecule has 7 heteroatoms. The third-order valence-corrected chi connectivity index (χ3v) is 5.59. The molecule has 3 N–H and O–H groups in total. The number of carbonyl (C=O) groups is 1. The minimum absolute atomic E-state index is 0.00772. The summed E-state index contributed by atoms with van der Waals surface area (Å²) in [5, 5.41) is 23.8. The first kappa shape index (κ1) is 17.5. The van der Waals surface area contributed by atoms with Gasteiger partial charge in [0.25, 0.3) is 5.91 Å². The zero-order valence-electron chi connectivity index (χ0n) is 15.1. The molecule has 0 radical (unpaired) electrons. The molecule has 0 saturated heterocycles. The molecule has 2 aliphatic carbocycles. The van der Waals surface area contributed by atoms with E-state index >= 15 is 0 Å². The minimum atomic E-state index is -1.05. The predicted octanol–water partition coefficient (Wildman–Crippen LogP) is 4.56. The van der Waals surface area contributed by atoms with E-state index in [1.807, 2.05) is 12.2 Å². The molecule has 5 nitrogen and oxygen atoms in total. The maximum Gasteiger partial charge on any atom is 0.255 e.